The molecule has 0 saturated carbocycles. The van der Waals surface area contributed by atoms with Crippen LogP contribution in [0.2, 0.25) is 0 Å². The van der Waals surface area contributed by atoms with Crippen molar-refractivity contribution >= 4 is 18.4 Å². The van der Waals surface area contributed by atoms with Gasteiger partial charge in [0.2, 0.25) is 0 Å². The molecule has 0 fully saturated rings. The lowest BCUT2D eigenvalue weighted by atomic mass is 10.1. The third-order valence-corrected chi connectivity index (χ3v) is 1.99. The average molecular weight is 248 g/mol. The number of benzene rings is 1. The first-order valence-corrected chi connectivity index (χ1v) is 4.73. The van der Waals surface area contributed by atoms with Crippen LogP contribution in [0.4, 0.5) is 4.39 Å². The molecule has 0 radical (unpaired) electrons. The summed E-state index contributed by atoms with van der Waals surface area (Å²) in [6.45, 7) is 0.898. The summed E-state index contributed by atoms with van der Waals surface area (Å²) < 4.78 is 16.9. The van der Waals surface area contributed by atoms with E-state index in [0.717, 1.165) is 5.56 Å². The molecule has 0 amide bonds. The van der Waals surface area contributed by atoms with E-state index in [1.165, 1.54) is 6.92 Å². The van der Waals surface area contributed by atoms with Crippen LogP contribution in [0.3, 0.4) is 0 Å². The second kappa shape index (κ2) is 7.19. The predicted octanol–water partition coefficient (Wildman–Crippen LogP) is 2.39. The summed E-state index contributed by atoms with van der Waals surface area (Å²) in [5.41, 5.74) is 6.55. The van der Waals surface area contributed by atoms with Crippen molar-refractivity contribution < 1.29 is 13.9 Å². The number of carbonyl (C=O) groups excluding carboxylic acids is 1. The maximum Gasteiger partial charge on any atom is 0.308 e. The van der Waals surface area contributed by atoms with Gasteiger partial charge in [-0.2, -0.15) is 0 Å². The van der Waals surface area contributed by atoms with Crippen molar-refractivity contribution in [2.75, 3.05) is 6.67 Å². The smallest absolute Gasteiger partial charge is 0.308 e. The molecule has 90 valence electrons. The van der Waals surface area contributed by atoms with Crippen LogP contribution < -0.4 is 10.5 Å². The van der Waals surface area contributed by atoms with Crippen molar-refractivity contribution in [3.8, 4) is 5.75 Å². The Morgan fingerprint density at radius 2 is 2.00 bits per heavy atom. The lowest BCUT2D eigenvalue weighted by molar-refractivity contribution is -0.131. The quantitative estimate of drug-likeness (QED) is 0.657. The van der Waals surface area contributed by atoms with Gasteiger partial charge in [-0.1, -0.05) is 12.1 Å². The summed E-state index contributed by atoms with van der Waals surface area (Å²) in [6, 6.07) is 6.46. The van der Waals surface area contributed by atoms with Crippen LogP contribution in [0.1, 0.15) is 24.9 Å². The number of esters is 1. The van der Waals surface area contributed by atoms with E-state index in [1.807, 2.05) is 0 Å². The Bertz CT molecular complexity index is 329. The van der Waals surface area contributed by atoms with E-state index in [-0.39, 0.29) is 24.4 Å². The van der Waals surface area contributed by atoms with Gasteiger partial charge in [0.05, 0.1) is 6.67 Å². The zero-order valence-corrected chi connectivity index (χ0v) is 9.80. The van der Waals surface area contributed by atoms with Crippen molar-refractivity contribution in [1.82, 2.24) is 0 Å². The first-order valence-electron chi connectivity index (χ1n) is 4.73. The van der Waals surface area contributed by atoms with E-state index in [2.05, 4.69) is 0 Å². The fourth-order valence-electron chi connectivity index (χ4n) is 1.23. The molecule has 0 unspecified atom stereocenters. The van der Waals surface area contributed by atoms with Gasteiger partial charge in [0.15, 0.2) is 0 Å². The number of nitrogens with two attached hydrogens (primary N) is 1. The van der Waals surface area contributed by atoms with Gasteiger partial charge >= 0.3 is 5.97 Å². The van der Waals surface area contributed by atoms with Crippen LogP contribution in [0.15, 0.2) is 24.3 Å². The molecule has 2 N–H and O–H groups in total. The van der Waals surface area contributed by atoms with Gasteiger partial charge in [0.25, 0.3) is 0 Å². The van der Waals surface area contributed by atoms with E-state index in [0.29, 0.717) is 12.2 Å². The van der Waals surface area contributed by atoms with Crippen LogP contribution in [-0.2, 0) is 4.79 Å². The SMILES string of the molecule is CC(=O)Oc1ccc([C@@H](N)CCF)cc1.Cl. The first kappa shape index (κ1) is 14.9. The van der Waals surface area contributed by atoms with Crippen molar-refractivity contribution in [1.29, 1.82) is 0 Å². The van der Waals surface area contributed by atoms with Crippen LogP contribution in [0, 0.1) is 0 Å². The second-order valence-corrected chi connectivity index (χ2v) is 3.25. The number of carbonyl (C=O) groups is 1. The number of alkyl halides is 1. The largest absolute Gasteiger partial charge is 0.427 e. The van der Waals surface area contributed by atoms with Gasteiger partial charge < -0.3 is 10.5 Å². The van der Waals surface area contributed by atoms with Gasteiger partial charge in [-0.15, -0.1) is 12.4 Å². The molecule has 16 heavy (non-hydrogen) atoms. The minimum absolute atomic E-state index is 0. The van der Waals surface area contributed by atoms with E-state index >= 15 is 0 Å². The molecular weight excluding hydrogens is 233 g/mol. The van der Waals surface area contributed by atoms with E-state index in [4.69, 9.17) is 10.5 Å². The van der Waals surface area contributed by atoms with Crippen molar-refractivity contribution in [3.63, 3.8) is 0 Å². The number of rotatable bonds is 4. The number of ether oxygens (including phenoxy) is 1. The molecule has 1 atom stereocenters. The monoisotopic (exact) mass is 247 g/mol. The summed E-state index contributed by atoms with van der Waals surface area (Å²) in [6.07, 6.45) is 0.299. The topological polar surface area (TPSA) is 52.3 Å². The molecule has 3 nitrogen and oxygen atoms in total. The van der Waals surface area contributed by atoms with Crippen LogP contribution >= 0.6 is 12.4 Å². The number of hydrogen-bond donors (Lipinski definition) is 1. The molecule has 5 heteroatoms. The summed E-state index contributed by atoms with van der Waals surface area (Å²) >= 11 is 0. The van der Waals surface area contributed by atoms with Crippen molar-refractivity contribution in [3.05, 3.63) is 29.8 Å². The predicted molar refractivity (Wildman–Crippen MR) is 62.5 cm³/mol. The molecular formula is C11H15ClFNO2. The molecule has 0 saturated heterocycles. The van der Waals surface area contributed by atoms with E-state index in [9.17, 15) is 9.18 Å². The fourth-order valence-corrected chi connectivity index (χ4v) is 1.23. The highest BCUT2D eigenvalue weighted by Gasteiger charge is 2.05. The lowest BCUT2D eigenvalue weighted by Gasteiger charge is -2.10. The van der Waals surface area contributed by atoms with Gasteiger partial charge in [-0.05, 0) is 24.1 Å². The Morgan fingerprint density at radius 3 is 2.44 bits per heavy atom. The first-order chi connectivity index (χ1) is 7.13. The number of hydrogen-bond acceptors (Lipinski definition) is 3. The summed E-state index contributed by atoms with van der Waals surface area (Å²) in [5, 5.41) is 0. The van der Waals surface area contributed by atoms with Gasteiger partial charge in [-0.25, -0.2) is 0 Å². The molecule has 1 aromatic carbocycles. The Hall–Kier alpha value is -1.13. The highest BCUT2D eigenvalue weighted by Crippen LogP contribution is 2.18. The van der Waals surface area contributed by atoms with Crippen molar-refractivity contribution in [2.45, 2.75) is 19.4 Å². The zero-order chi connectivity index (χ0) is 11.3. The molecule has 0 heterocycles. The molecule has 0 aliphatic heterocycles. The standard InChI is InChI=1S/C11H14FNO2.ClH/c1-8(14)15-10-4-2-9(3-5-10)11(13)6-7-12;/h2-5,11H,6-7,13H2,1H3;1H/t11-;/m0./s1. The second-order valence-electron chi connectivity index (χ2n) is 3.25. The molecule has 0 aliphatic rings. The van der Waals surface area contributed by atoms with Crippen LogP contribution in [0.25, 0.3) is 0 Å². The molecule has 0 spiro atoms. The Kier molecular flexibility index (Phi) is 6.69. The zero-order valence-electron chi connectivity index (χ0n) is 8.98. The van der Waals surface area contributed by atoms with Crippen molar-refractivity contribution in [2.24, 2.45) is 5.73 Å². The summed E-state index contributed by atoms with van der Waals surface area (Å²) in [7, 11) is 0. The van der Waals surface area contributed by atoms with Crippen LogP contribution in [0.5, 0.6) is 5.75 Å². The van der Waals surface area contributed by atoms with Gasteiger partial charge in [0.1, 0.15) is 5.75 Å². The molecule has 0 aromatic heterocycles. The Morgan fingerprint density at radius 1 is 1.44 bits per heavy atom. The Labute approximate surface area is 100 Å². The molecule has 0 aliphatic carbocycles. The van der Waals surface area contributed by atoms with E-state index < -0.39 is 6.67 Å². The minimum atomic E-state index is -0.438. The van der Waals surface area contributed by atoms with Gasteiger partial charge in [0, 0.05) is 13.0 Å². The van der Waals surface area contributed by atoms with Crippen LogP contribution in [-0.4, -0.2) is 12.6 Å². The average Bonchev–Trinajstić information content (AvgIpc) is 2.18. The summed E-state index contributed by atoms with van der Waals surface area (Å²) in [5.74, 6) is 0.106. The molecule has 1 aromatic rings. The fraction of sp³-hybridized carbons (Fsp3) is 0.364. The minimum Gasteiger partial charge on any atom is -0.427 e. The highest BCUT2D eigenvalue weighted by atomic mass is 35.5. The van der Waals surface area contributed by atoms with Gasteiger partial charge in [-0.3, -0.25) is 9.18 Å². The summed E-state index contributed by atoms with van der Waals surface area (Å²) in [4.78, 5) is 10.6. The number of halogens is 2. The van der Waals surface area contributed by atoms with E-state index in [1.54, 1.807) is 24.3 Å². The Balaban J connectivity index is 0.00000225. The third kappa shape index (κ3) is 4.59. The third-order valence-electron chi connectivity index (χ3n) is 1.99. The normalized spacial score (nSPS) is 11.4. The lowest BCUT2D eigenvalue weighted by Crippen LogP contribution is -2.10. The molecule has 1 rings (SSSR count). The maximum atomic E-state index is 12.0. The maximum absolute atomic E-state index is 12.0. The highest BCUT2D eigenvalue weighted by molar-refractivity contribution is 5.85. The molecule has 0 bridgehead atoms.